The molecule has 1 aromatic rings. The fourth-order valence-electron chi connectivity index (χ4n) is 0.532. The Morgan fingerprint density at radius 3 is 2.83 bits per heavy atom. The van der Waals surface area contributed by atoms with E-state index < -0.39 is 6.09 Å². The molecule has 0 aliphatic heterocycles. The molecule has 1 amide bonds. The lowest BCUT2D eigenvalue weighted by Crippen LogP contribution is -2.12. The minimum atomic E-state index is -0.563. The van der Waals surface area contributed by atoms with Crippen LogP contribution in [-0.4, -0.2) is 23.2 Å². The molecule has 0 unspecified atom stereocenters. The van der Waals surface area contributed by atoms with Gasteiger partial charge in [0.15, 0.2) is 5.82 Å². The molecule has 6 heteroatoms. The van der Waals surface area contributed by atoms with Crippen molar-refractivity contribution in [3.8, 4) is 0 Å². The van der Waals surface area contributed by atoms with Crippen LogP contribution in [0.25, 0.3) is 0 Å². The monoisotopic (exact) mass is 231 g/mol. The highest BCUT2D eigenvalue weighted by atomic mass is 79.9. The zero-order chi connectivity index (χ0) is 8.97. The van der Waals surface area contributed by atoms with Crippen LogP contribution in [0.3, 0.4) is 0 Å². The summed E-state index contributed by atoms with van der Waals surface area (Å²) in [5, 5.41) is 2.36. The number of anilines is 1. The molecule has 0 saturated carbocycles. The summed E-state index contributed by atoms with van der Waals surface area (Å²) in [6.07, 6.45) is 2.33. The summed E-state index contributed by atoms with van der Waals surface area (Å²) in [5.41, 5.74) is 0. The van der Waals surface area contributed by atoms with Crippen molar-refractivity contribution in [3.63, 3.8) is 0 Å². The molecule has 0 spiro atoms. The normalized spacial score (nSPS) is 9.17. The zero-order valence-electron chi connectivity index (χ0n) is 6.24. The number of halogens is 1. The molecule has 0 atom stereocenters. The summed E-state index contributed by atoms with van der Waals surface area (Å²) >= 11 is 3.11. The Bertz CT molecular complexity index is 275. The lowest BCUT2D eigenvalue weighted by Gasteiger charge is -2.00. The molecular weight excluding hydrogens is 226 g/mol. The van der Waals surface area contributed by atoms with Crippen molar-refractivity contribution < 1.29 is 9.53 Å². The number of hydrogen-bond donors (Lipinski definition) is 1. The topological polar surface area (TPSA) is 64.1 Å². The minimum absolute atomic E-state index is 0.352. The smallest absolute Gasteiger partial charge is 0.412 e. The van der Waals surface area contributed by atoms with Gasteiger partial charge in [-0.25, -0.2) is 14.8 Å². The number of nitrogens with one attached hydrogen (secondary N) is 1. The van der Waals surface area contributed by atoms with E-state index >= 15 is 0 Å². The molecule has 1 aromatic heterocycles. The molecule has 1 N–H and O–H groups in total. The van der Waals surface area contributed by atoms with Crippen molar-refractivity contribution in [3.05, 3.63) is 17.0 Å². The molecule has 5 nitrogen and oxygen atoms in total. The third-order valence-electron chi connectivity index (χ3n) is 1.04. The van der Waals surface area contributed by atoms with E-state index in [9.17, 15) is 4.79 Å². The molecule has 0 saturated heterocycles. The van der Waals surface area contributed by atoms with Crippen molar-refractivity contribution >= 4 is 27.8 Å². The molecule has 0 bridgehead atoms. The highest BCUT2D eigenvalue weighted by Gasteiger charge is 2.00. The highest BCUT2D eigenvalue weighted by Crippen LogP contribution is 2.05. The molecule has 1 rings (SSSR count). The third kappa shape index (κ3) is 2.46. The average Bonchev–Trinajstić information content (AvgIpc) is 2.09. The number of amides is 1. The Hall–Kier alpha value is -1.17. The number of ether oxygens (including phenoxy) is 1. The summed E-state index contributed by atoms with van der Waals surface area (Å²) in [7, 11) is 1.28. The number of nitrogens with zero attached hydrogens (tertiary/aromatic N) is 2. The van der Waals surface area contributed by atoms with Crippen LogP contribution < -0.4 is 5.32 Å². The first-order chi connectivity index (χ1) is 5.72. The molecule has 0 fully saturated rings. The third-order valence-corrected chi connectivity index (χ3v) is 1.45. The molecule has 1 heterocycles. The molecule has 0 aromatic carbocycles. The summed E-state index contributed by atoms with van der Waals surface area (Å²) in [4.78, 5) is 18.3. The van der Waals surface area contributed by atoms with Crippen LogP contribution >= 0.6 is 15.9 Å². The van der Waals surface area contributed by atoms with Gasteiger partial charge in [0, 0.05) is 0 Å². The van der Waals surface area contributed by atoms with E-state index in [0.29, 0.717) is 10.4 Å². The van der Waals surface area contributed by atoms with Gasteiger partial charge in [0.1, 0.15) is 4.60 Å². The Morgan fingerprint density at radius 2 is 2.33 bits per heavy atom. The number of methoxy groups -OCH3 is 1. The second kappa shape index (κ2) is 4.01. The quantitative estimate of drug-likeness (QED) is 0.795. The Morgan fingerprint density at radius 1 is 1.58 bits per heavy atom. The summed E-state index contributed by atoms with van der Waals surface area (Å²) in [6, 6.07) is 0. The Kier molecular flexibility index (Phi) is 2.98. The van der Waals surface area contributed by atoms with Crippen LogP contribution in [0.4, 0.5) is 10.6 Å². The molecule has 12 heavy (non-hydrogen) atoms. The van der Waals surface area contributed by atoms with Gasteiger partial charge in [-0.1, -0.05) is 0 Å². The van der Waals surface area contributed by atoms with Crippen molar-refractivity contribution in [2.75, 3.05) is 12.4 Å². The molecule has 64 valence electrons. The highest BCUT2D eigenvalue weighted by molar-refractivity contribution is 9.10. The molecular formula is C6H6BrN3O2. The van der Waals surface area contributed by atoms with Crippen LogP contribution in [0.1, 0.15) is 0 Å². The van der Waals surface area contributed by atoms with Crippen molar-refractivity contribution in [2.24, 2.45) is 0 Å². The minimum Gasteiger partial charge on any atom is -0.453 e. The van der Waals surface area contributed by atoms with Crippen LogP contribution in [0.2, 0.25) is 0 Å². The largest absolute Gasteiger partial charge is 0.453 e. The zero-order valence-corrected chi connectivity index (χ0v) is 7.83. The summed E-state index contributed by atoms with van der Waals surface area (Å²) in [5.74, 6) is 0.352. The SMILES string of the molecule is COC(=O)Nc1cnc(Br)cn1. The van der Waals surface area contributed by atoms with Crippen LogP contribution in [0.15, 0.2) is 17.0 Å². The second-order valence-electron chi connectivity index (χ2n) is 1.84. The van der Waals surface area contributed by atoms with Gasteiger partial charge in [-0.15, -0.1) is 0 Å². The van der Waals surface area contributed by atoms with Gasteiger partial charge >= 0.3 is 6.09 Å². The fourth-order valence-corrected chi connectivity index (χ4v) is 0.737. The van der Waals surface area contributed by atoms with E-state index in [1.165, 1.54) is 19.5 Å². The van der Waals surface area contributed by atoms with Gasteiger partial charge in [-0.3, -0.25) is 5.32 Å². The number of hydrogen-bond acceptors (Lipinski definition) is 4. The van der Waals surface area contributed by atoms with Crippen LogP contribution in [-0.2, 0) is 4.74 Å². The van der Waals surface area contributed by atoms with E-state index in [2.05, 4.69) is 36.0 Å². The van der Waals surface area contributed by atoms with Crippen LogP contribution in [0.5, 0.6) is 0 Å². The maximum atomic E-state index is 10.7. The molecule has 0 aliphatic rings. The average molecular weight is 232 g/mol. The predicted molar refractivity (Wildman–Crippen MR) is 45.8 cm³/mol. The second-order valence-corrected chi connectivity index (χ2v) is 2.65. The lowest BCUT2D eigenvalue weighted by molar-refractivity contribution is 0.187. The van der Waals surface area contributed by atoms with Crippen molar-refractivity contribution in [1.29, 1.82) is 0 Å². The number of rotatable bonds is 1. The van der Waals surface area contributed by atoms with Gasteiger partial charge in [0.25, 0.3) is 0 Å². The number of carbonyl (C=O) groups is 1. The van der Waals surface area contributed by atoms with Crippen LogP contribution in [0, 0.1) is 0 Å². The van der Waals surface area contributed by atoms with E-state index in [1.807, 2.05) is 0 Å². The van der Waals surface area contributed by atoms with Gasteiger partial charge in [0.2, 0.25) is 0 Å². The predicted octanol–water partition coefficient (Wildman–Crippen LogP) is 1.42. The van der Waals surface area contributed by atoms with Gasteiger partial charge in [-0.05, 0) is 15.9 Å². The first-order valence-electron chi connectivity index (χ1n) is 3.05. The van der Waals surface area contributed by atoms with Crippen molar-refractivity contribution in [2.45, 2.75) is 0 Å². The van der Waals surface area contributed by atoms with Gasteiger partial charge in [-0.2, -0.15) is 0 Å². The van der Waals surface area contributed by atoms with E-state index in [-0.39, 0.29) is 0 Å². The Labute approximate surface area is 77.3 Å². The lowest BCUT2D eigenvalue weighted by atomic mass is 10.6. The number of aromatic nitrogens is 2. The van der Waals surface area contributed by atoms with E-state index in [0.717, 1.165) is 0 Å². The maximum absolute atomic E-state index is 10.7. The van der Waals surface area contributed by atoms with Gasteiger partial charge in [0.05, 0.1) is 19.5 Å². The summed E-state index contributed by atoms with van der Waals surface area (Å²) in [6.45, 7) is 0. The van der Waals surface area contributed by atoms with E-state index in [4.69, 9.17) is 0 Å². The van der Waals surface area contributed by atoms with E-state index in [1.54, 1.807) is 0 Å². The molecule has 0 radical (unpaired) electrons. The fraction of sp³-hybridized carbons (Fsp3) is 0.167. The number of carbonyl (C=O) groups excluding carboxylic acids is 1. The maximum Gasteiger partial charge on any atom is 0.412 e. The van der Waals surface area contributed by atoms with Crippen molar-refractivity contribution in [1.82, 2.24) is 9.97 Å². The first kappa shape index (κ1) is 8.92. The Balaban J connectivity index is 2.64. The molecule has 0 aliphatic carbocycles. The summed E-state index contributed by atoms with van der Waals surface area (Å²) < 4.78 is 4.96. The van der Waals surface area contributed by atoms with Gasteiger partial charge < -0.3 is 4.74 Å². The standard InChI is InChI=1S/C6H6BrN3O2/c1-12-6(11)10-5-3-8-4(7)2-9-5/h2-3H,1H3,(H,9,10,11). The first-order valence-corrected chi connectivity index (χ1v) is 3.84.